The first kappa shape index (κ1) is 12.3. The second-order valence-corrected chi connectivity index (χ2v) is 3.96. The monoisotopic (exact) mass is 252 g/mol. The second-order valence-electron chi connectivity index (χ2n) is 3.96. The molecule has 2 aromatic rings. The number of nitrogens with two attached hydrogens (primary N) is 2. The fraction of sp³-hybridized carbons (Fsp3) is 0.0769. The van der Waals surface area contributed by atoms with E-state index < -0.39 is 11.7 Å². The van der Waals surface area contributed by atoms with Crippen LogP contribution >= 0.6 is 0 Å². The lowest BCUT2D eigenvalue weighted by Crippen LogP contribution is -2.06. The van der Waals surface area contributed by atoms with Crippen LogP contribution in [0.5, 0.6) is 0 Å². The van der Waals surface area contributed by atoms with Crippen LogP contribution < -0.4 is 11.5 Å². The van der Waals surface area contributed by atoms with Crippen LogP contribution in [0.15, 0.2) is 42.5 Å². The average Bonchev–Trinajstić information content (AvgIpc) is 2.28. The van der Waals surface area contributed by atoms with Crippen molar-refractivity contribution in [1.82, 2.24) is 0 Å². The summed E-state index contributed by atoms with van der Waals surface area (Å²) in [5, 5.41) is 0. The lowest BCUT2D eigenvalue weighted by atomic mass is 10.0. The molecule has 0 saturated carbocycles. The molecular weight excluding hydrogens is 241 g/mol. The number of nitrogen functional groups attached to an aromatic ring is 2. The van der Waals surface area contributed by atoms with Crippen LogP contribution in [-0.2, 0) is 6.18 Å². The Hall–Kier alpha value is -2.17. The number of hydrogen-bond donors (Lipinski definition) is 2. The Kier molecular flexibility index (Phi) is 2.90. The molecule has 0 spiro atoms. The molecule has 0 aliphatic carbocycles. The smallest absolute Gasteiger partial charge is 0.399 e. The van der Waals surface area contributed by atoms with Crippen molar-refractivity contribution in [1.29, 1.82) is 0 Å². The summed E-state index contributed by atoms with van der Waals surface area (Å²) in [7, 11) is 0. The van der Waals surface area contributed by atoms with Gasteiger partial charge in [-0.15, -0.1) is 0 Å². The molecule has 2 aromatic carbocycles. The molecular formula is C13H11F3N2. The summed E-state index contributed by atoms with van der Waals surface area (Å²) in [6.45, 7) is 0. The average molecular weight is 252 g/mol. The zero-order valence-electron chi connectivity index (χ0n) is 9.33. The van der Waals surface area contributed by atoms with Crippen molar-refractivity contribution in [2.45, 2.75) is 6.18 Å². The standard InChI is InChI=1S/C13H11F3N2/c14-13(15,16)10-5-9(6-12(18)7-10)8-1-3-11(17)4-2-8/h1-7H,17-18H2. The lowest BCUT2D eigenvalue weighted by Gasteiger charge is -2.10. The Morgan fingerprint density at radius 1 is 0.722 bits per heavy atom. The van der Waals surface area contributed by atoms with Crippen LogP contribution in [0.2, 0.25) is 0 Å². The van der Waals surface area contributed by atoms with E-state index in [1.165, 1.54) is 6.07 Å². The molecule has 2 rings (SSSR count). The maximum absolute atomic E-state index is 12.7. The molecule has 4 N–H and O–H groups in total. The molecule has 0 atom stereocenters. The molecule has 94 valence electrons. The molecule has 0 amide bonds. The third-order valence-corrected chi connectivity index (χ3v) is 2.53. The number of anilines is 2. The Morgan fingerprint density at radius 3 is 1.89 bits per heavy atom. The number of hydrogen-bond acceptors (Lipinski definition) is 2. The molecule has 0 aliphatic heterocycles. The normalized spacial score (nSPS) is 11.5. The summed E-state index contributed by atoms with van der Waals surface area (Å²) in [4.78, 5) is 0. The number of halogens is 3. The van der Waals surface area contributed by atoms with E-state index in [1.54, 1.807) is 24.3 Å². The number of benzene rings is 2. The van der Waals surface area contributed by atoms with Crippen LogP contribution in [0.25, 0.3) is 11.1 Å². The maximum atomic E-state index is 12.7. The highest BCUT2D eigenvalue weighted by atomic mass is 19.4. The first-order valence-corrected chi connectivity index (χ1v) is 5.20. The van der Waals surface area contributed by atoms with Gasteiger partial charge in [0.05, 0.1) is 5.56 Å². The van der Waals surface area contributed by atoms with Crippen LogP contribution in [0.1, 0.15) is 5.56 Å². The Morgan fingerprint density at radius 2 is 1.33 bits per heavy atom. The summed E-state index contributed by atoms with van der Waals surface area (Å²) in [6, 6.07) is 10.1. The summed E-state index contributed by atoms with van der Waals surface area (Å²) >= 11 is 0. The van der Waals surface area contributed by atoms with Crippen LogP contribution in [-0.4, -0.2) is 0 Å². The predicted octanol–water partition coefficient (Wildman–Crippen LogP) is 3.54. The Bertz CT molecular complexity index is 559. The number of rotatable bonds is 1. The predicted molar refractivity (Wildman–Crippen MR) is 65.7 cm³/mol. The van der Waals surface area contributed by atoms with Crippen molar-refractivity contribution in [2.24, 2.45) is 0 Å². The molecule has 5 heteroatoms. The topological polar surface area (TPSA) is 52.0 Å². The molecule has 0 fully saturated rings. The highest BCUT2D eigenvalue weighted by molar-refractivity contribution is 5.70. The quantitative estimate of drug-likeness (QED) is 0.763. The van der Waals surface area contributed by atoms with Crippen molar-refractivity contribution >= 4 is 11.4 Å². The van der Waals surface area contributed by atoms with Gasteiger partial charge in [0.1, 0.15) is 0 Å². The van der Waals surface area contributed by atoms with Gasteiger partial charge in [-0.25, -0.2) is 0 Å². The third kappa shape index (κ3) is 2.56. The van der Waals surface area contributed by atoms with E-state index in [4.69, 9.17) is 11.5 Å². The summed E-state index contributed by atoms with van der Waals surface area (Å²) < 4.78 is 38.0. The van der Waals surface area contributed by atoms with Gasteiger partial charge >= 0.3 is 6.18 Å². The number of alkyl halides is 3. The minimum absolute atomic E-state index is 0.0802. The van der Waals surface area contributed by atoms with Crippen molar-refractivity contribution in [3.8, 4) is 11.1 Å². The summed E-state index contributed by atoms with van der Waals surface area (Å²) in [5.74, 6) is 0. The third-order valence-electron chi connectivity index (χ3n) is 2.53. The van der Waals surface area contributed by atoms with Gasteiger partial charge in [0.25, 0.3) is 0 Å². The van der Waals surface area contributed by atoms with Crippen LogP contribution in [0, 0.1) is 0 Å². The van der Waals surface area contributed by atoms with Crippen LogP contribution in [0.4, 0.5) is 24.5 Å². The SMILES string of the molecule is Nc1ccc(-c2cc(N)cc(C(F)(F)F)c2)cc1. The van der Waals surface area contributed by atoms with Gasteiger partial charge < -0.3 is 11.5 Å². The molecule has 0 radical (unpaired) electrons. The van der Waals surface area contributed by atoms with Crippen LogP contribution in [0.3, 0.4) is 0 Å². The van der Waals surface area contributed by atoms with Gasteiger partial charge in [-0.05, 0) is 41.5 Å². The van der Waals surface area contributed by atoms with E-state index in [2.05, 4.69) is 0 Å². The highest BCUT2D eigenvalue weighted by Gasteiger charge is 2.31. The first-order chi connectivity index (χ1) is 8.36. The van der Waals surface area contributed by atoms with Gasteiger partial charge in [0.2, 0.25) is 0 Å². The molecule has 0 unspecified atom stereocenters. The highest BCUT2D eigenvalue weighted by Crippen LogP contribution is 2.34. The van der Waals surface area contributed by atoms with Gasteiger partial charge in [-0.2, -0.15) is 13.2 Å². The molecule has 0 heterocycles. The lowest BCUT2D eigenvalue weighted by molar-refractivity contribution is -0.137. The minimum Gasteiger partial charge on any atom is -0.399 e. The molecule has 0 aliphatic rings. The molecule has 0 bridgehead atoms. The maximum Gasteiger partial charge on any atom is 0.416 e. The van der Waals surface area contributed by atoms with Crippen molar-refractivity contribution in [3.63, 3.8) is 0 Å². The zero-order chi connectivity index (χ0) is 13.3. The van der Waals surface area contributed by atoms with E-state index in [9.17, 15) is 13.2 Å². The van der Waals surface area contributed by atoms with Gasteiger partial charge in [0.15, 0.2) is 0 Å². The van der Waals surface area contributed by atoms with Crippen molar-refractivity contribution in [2.75, 3.05) is 11.5 Å². The van der Waals surface area contributed by atoms with E-state index in [0.29, 0.717) is 16.8 Å². The van der Waals surface area contributed by atoms with Gasteiger partial charge in [-0.3, -0.25) is 0 Å². The summed E-state index contributed by atoms with van der Waals surface area (Å²) in [6.07, 6.45) is -4.40. The Labute approximate surface area is 102 Å². The fourth-order valence-corrected chi connectivity index (χ4v) is 1.66. The van der Waals surface area contributed by atoms with E-state index in [-0.39, 0.29) is 5.69 Å². The largest absolute Gasteiger partial charge is 0.416 e. The van der Waals surface area contributed by atoms with E-state index >= 15 is 0 Å². The van der Waals surface area contributed by atoms with Crippen molar-refractivity contribution in [3.05, 3.63) is 48.0 Å². The molecule has 0 saturated heterocycles. The second kappa shape index (κ2) is 4.25. The molecule has 2 nitrogen and oxygen atoms in total. The zero-order valence-corrected chi connectivity index (χ0v) is 9.33. The minimum atomic E-state index is -4.40. The summed E-state index contributed by atoms with van der Waals surface area (Å²) in [5.41, 5.74) is 12.0. The van der Waals surface area contributed by atoms with Gasteiger partial charge in [-0.1, -0.05) is 12.1 Å². The van der Waals surface area contributed by atoms with E-state index in [1.807, 2.05) is 0 Å². The molecule has 18 heavy (non-hydrogen) atoms. The fourth-order valence-electron chi connectivity index (χ4n) is 1.66. The van der Waals surface area contributed by atoms with Gasteiger partial charge in [0, 0.05) is 11.4 Å². The Balaban J connectivity index is 2.52. The first-order valence-electron chi connectivity index (χ1n) is 5.20. The van der Waals surface area contributed by atoms with E-state index in [0.717, 1.165) is 12.1 Å². The van der Waals surface area contributed by atoms with Crippen molar-refractivity contribution < 1.29 is 13.2 Å². The molecule has 0 aromatic heterocycles.